The van der Waals surface area contributed by atoms with Gasteiger partial charge in [0.2, 0.25) is 5.91 Å². The molecule has 1 saturated heterocycles. The second kappa shape index (κ2) is 7.99. The molecular weight excluding hydrogens is 334 g/mol. The summed E-state index contributed by atoms with van der Waals surface area (Å²) in [5.74, 6) is 0.445. The highest BCUT2D eigenvalue weighted by atomic mass is 16.2. The van der Waals surface area contributed by atoms with E-state index in [9.17, 15) is 14.4 Å². The first-order valence-corrected chi connectivity index (χ1v) is 9.33. The van der Waals surface area contributed by atoms with Crippen molar-refractivity contribution in [2.45, 2.75) is 51.1 Å². The molecule has 2 heterocycles. The van der Waals surface area contributed by atoms with E-state index in [1.165, 1.54) is 6.20 Å². The van der Waals surface area contributed by atoms with Gasteiger partial charge in [0, 0.05) is 19.1 Å². The number of nitrogens with zero attached hydrogens (tertiary/aromatic N) is 2. The van der Waals surface area contributed by atoms with Gasteiger partial charge in [-0.1, -0.05) is 6.92 Å². The summed E-state index contributed by atoms with van der Waals surface area (Å²) in [5.41, 5.74) is 6.01. The Morgan fingerprint density at radius 2 is 2.00 bits per heavy atom. The molecule has 0 spiro atoms. The number of amides is 2. The van der Waals surface area contributed by atoms with Gasteiger partial charge in [0.25, 0.3) is 11.5 Å². The monoisotopic (exact) mass is 361 g/mol. The van der Waals surface area contributed by atoms with Crippen LogP contribution in [0.1, 0.15) is 49.5 Å². The molecular formula is C18H27N5O3. The highest BCUT2D eigenvalue weighted by Gasteiger charge is 2.34. The lowest BCUT2D eigenvalue weighted by atomic mass is 9.81. The number of hydrogen-bond donors (Lipinski definition) is 3. The van der Waals surface area contributed by atoms with Gasteiger partial charge in [-0.15, -0.1) is 0 Å². The molecule has 2 atom stereocenters. The predicted octanol–water partition coefficient (Wildman–Crippen LogP) is 0.254. The number of hydrogen-bond acceptors (Lipinski definition) is 5. The lowest BCUT2D eigenvalue weighted by Gasteiger charge is -2.33. The van der Waals surface area contributed by atoms with Crippen LogP contribution >= 0.6 is 0 Å². The fourth-order valence-electron chi connectivity index (χ4n) is 3.93. The first-order valence-electron chi connectivity index (χ1n) is 9.33. The Morgan fingerprint density at radius 1 is 1.27 bits per heavy atom. The average molecular weight is 361 g/mol. The van der Waals surface area contributed by atoms with Crippen LogP contribution in [0, 0.1) is 11.8 Å². The van der Waals surface area contributed by atoms with Crippen LogP contribution in [0.15, 0.2) is 17.2 Å². The van der Waals surface area contributed by atoms with Crippen molar-refractivity contribution >= 4 is 11.8 Å². The lowest BCUT2D eigenvalue weighted by Crippen LogP contribution is -2.49. The summed E-state index contributed by atoms with van der Waals surface area (Å²) in [7, 11) is 0. The second-order valence-electron chi connectivity index (χ2n) is 7.60. The number of likely N-dealkylation sites (tertiary alicyclic amines) is 1. The normalized spacial score (nSPS) is 27.2. The van der Waals surface area contributed by atoms with E-state index in [1.54, 1.807) is 0 Å². The summed E-state index contributed by atoms with van der Waals surface area (Å²) >= 11 is 0. The number of nitrogens with two attached hydrogens (primary N) is 1. The molecule has 8 heteroatoms. The van der Waals surface area contributed by atoms with Crippen molar-refractivity contribution in [3.05, 3.63) is 28.4 Å². The number of rotatable bonds is 4. The van der Waals surface area contributed by atoms with Crippen molar-refractivity contribution in [1.82, 2.24) is 20.2 Å². The summed E-state index contributed by atoms with van der Waals surface area (Å²) in [6.45, 7) is 3.77. The molecule has 0 radical (unpaired) electrons. The molecule has 1 aromatic rings. The molecule has 3 rings (SSSR count). The second-order valence-corrected chi connectivity index (χ2v) is 7.60. The number of carbonyl (C=O) groups excluding carboxylic acids is 2. The zero-order valence-corrected chi connectivity index (χ0v) is 15.1. The molecule has 0 aromatic carbocycles. The van der Waals surface area contributed by atoms with E-state index in [2.05, 4.69) is 22.2 Å². The molecule has 2 fully saturated rings. The molecule has 26 heavy (non-hydrogen) atoms. The van der Waals surface area contributed by atoms with E-state index in [4.69, 9.17) is 5.73 Å². The van der Waals surface area contributed by atoms with Crippen LogP contribution in [0.5, 0.6) is 0 Å². The van der Waals surface area contributed by atoms with Gasteiger partial charge < -0.3 is 20.9 Å². The third-order valence-electron chi connectivity index (χ3n) is 5.53. The maximum Gasteiger partial charge on any atom is 0.269 e. The van der Waals surface area contributed by atoms with Gasteiger partial charge >= 0.3 is 0 Å². The highest BCUT2D eigenvalue weighted by Crippen LogP contribution is 2.28. The van der Waals surface area contributed by atoms with E-state index < -0.39 is 11.6 Å². The minimum Gasteiger partial charge on any atom is -0.348 e. The number of aromatic nitrogens is 2. The fourth-order valence-corrected chi connectivity index (χ4v) is 3.93. The highest BCUT2D eigenvalue weighted by molar-refractivity contribution is 5.92. The molecule has 4 N–H and O–H groups in total. The Morgan fingerprint density at radius 3 is 2.62 bits per heavy atom. The van der Waals surface area contributed by atoms with Gasteiger partial charge in [0.05, 0.1) is 18.4 Å². The van der Waals surface area contributed by atoms with E-state index in [0.717, 1.165) is 51.4 Å². The third kappa shape index (κ3) is 4.30. The molecule has 0 bridgehead atoms. The van der Waals surface area contributed by atoms with Gasteiger partial charge in [-0.2, -0.15) is 0 Å². The predicted molar refractivity (Wildman–Crippen MR) is 96.4 cm³/mol. The van der Waals surface area contributed by atoms with E-state index in [0.29, 0.717) is 5.92 Å². The molecule has 1 aromatic heterocycles. The van der Waals surface area contributed by atoms with Crippen LogP contribution in [0.25, 0.3) is 0 Å². The minimum atomic E-state index is -0.452. The van der Waals surface area contributed by atoms with Crippen LogP contribution in [-0.4, -0.2) is 51.9 Å². The standard InChI is InChI=1S/C18H27N5O3/c1-11-6-7-23(10-11)18(26)16(19)12-2-4-13(5-3-12)21-17(25)14-8-20-9-15(24)22-14/h8-9,11-13,16H,2-7,10,19H2,1H3,(H,21,25)(H,22,24)/t11-,12?,13?,16+/m1/s1. The summed E-state index contributed by atoms with van der Waals surface area (Å²) in [6.07, 6.45) is 6.69. The summed E-state index contributed by atoms with van der Waals surface area (Å²) in [5, 5.41) is 2.93. The van der Waals surface area contributed by atoms with Crippen molar-refractivity contribution < 1.29 is 9.59 Å². The Hall–Kier alpha value is -2.22. The first kappa shape index (κ1) is 18.6. The van der Waals surface area contributed by atoms with Gasteiger partial charge in [-0.3, -0.25) is 19.4 Å². The summed E-state index contributed by atoms with van der Waals surface area (Å²) in [4.78, 5) is 44.1. The molecule has 1 aliphatic carbocycles. The number of H-pyrrole nitrogens is 1. The molecule has 1 aliphatic heterocycles. The van der Waals surface area contributed by atoms with E-state index in [1.807, 2.05) is 4.90 Å². The SMILES string of the molecule is C[C@@H]1CCN(C(=O)[C@@H](N)C2CCC(NC(=O)c3cncc(=O)[nH]3)CC2)C1. The van der Waals surface area contributed by atoms with Gasteiger partial charge in [-0.05, 0) is 43.9 Å². The largest absolute Gasteiger partial charge is 0.348 e. The van der Waals surface area contributed by atoms with Gasteiger partial charge in [0.15, 0.2) is 0 Å². The van der Waals surface area contributed by atoms with Crippen molar-refractivity contribution in [2.24, 2.45) is 17.6 Å². The number of nitrogens with one attached hydrogen (secondary N) is 2. The number of carbonyl (C=O) groups is 2. The van der Waals surface area contributed by atoms with Crippen molar-refractivity contribution in [1.29, 1.82) is 0 Å². The zero-order chi connectivity index (χ0) is 18.7. The van der Waals surface area contributed by atoms with Crippen LogP contribution < -0.4 is 16.6 Å². The third-order valence-corrected chi connectivity index (χ3v) is 5.53. The molecule has 0 unspecified atom stereocenters. The van der Waals surface area contributed by atoms with Crippen LogP contribution in [0.2, 0.25) is 0 Å². The Labute approximate surface area is 152 Å². The van der Waals surface area contributed by atoms with Gasteiger partial charge in [0.1, 0.15) is 5.69 Å². The number of aromatic amines is 1. The van der Waals surface area contributed by atoms with Crippen LogP contribution in [0.4, 0.5) is 0 Å². The van der Waals surface area contributed by atoms with Crippen molar-refractivity contribution in [2.75, 3.05) is 13.1 Å². The van der Waals surface area contributed by atoms with Crippen molar-refractivity contribution in [3.8, 4) is 0 Å². The van der Waals surface area contributed by atoms with Crippen LogP contribution in [0.3, 0.4) is 0 Å². The lowest BCUT2D eigenvalue weighted by molar-refractivity contribution is -0.133. The fraction of sp³-hybridized carbons (Fsp3) is 0.667. The molecule has 2 aliphatic rings. The maximum atomic E-state index is 12.6. The van der Waals surface area contributed by atoms with E-state index >= 15 is 0 Å². The molecule has 1 saturated carbocycles. The minimum absolute atomic E-state index is 0.0246. The van der Waals surface area contributed by atoms with E-state index in [-0.39, 0.29) is 29.5 Å². The maximum absolute atomic E-state index is 12.6. The first-order chi connectivity index (χ1) is 12.4. The smallest absolute Gasteiger partial charge is 0.269 e. The Bertz CT molecular complexity index is 711. The topological polar surface area (TPSA) is 121 Å². The summed E-state index contributed by atoms with van der Waals surface area (Å²) < 4.78 is 0. The van der Waals surface area contributed by atoms with Crippen LogP contribution in [-0.2, 0) is 4.79 Å². The summed E-state index contributed by atoms with van der Waals surface area (Å²) in [6, 6.07) is -0.428. The quantitative estimate of drug-likeness (QED) is 0.710. The Kier molecular flexibility index (Phi) is 5.70. The zero-order valence-electron chi connectivity index (χ0n) is 15.1. The van der Waals surface area contributed by atoms with Crippen molar-refractivity contribution in [3.63, 3.8) is 0 Å². The molecule has 142 valence electrons. The van der Waals surface area contributed by atoms with Gasteiger partial charge in [-0.25, -0.2) is 0 Å². The molecule has 8 nitrogen and oxygen atoms in total. The molecule has 2 amide bonds. The average Bonchev–Trinajstić information content (AvgIpc) is 3.07. The Balaban J connectivity index is 1.48.